The van der Waals surface area contributed by atoms with Crippen LogP contribution in [-0.2, 0) is 11.2 Å². The van der Waals surface area contributed by atoms with Crippen molar-refractivity contribution in [2.75, 3.05) is 6.61 Å². The highest BCUT2D eigenvalue weighted by molar-refractivity contribution is 5.22. The third-order valence-electron chi connectivity index (χ3n) is 4.72. The number of allylic oxidation sites excluding steroid dienone is 1. The second kappa shape index (κ2) is 13.4. The molecule has 0 aliphatic heterocycles. The fourth-order valence-corrected chi connectivity index (χ4v) is 3.17. The zero-order chi connectivity index (χ0) is 18.3. The first-order valence-corrected chi connectivity index (χ1v) is 10.3. The van der Waals surface area contributed by atoms with E-state index in [0.717, 1.165) is 6.42 Å². The van der Waals surface area contributed by atoms with E-state index in [2.05, 4.69) is 79.7 Å². The van der Waals surface area contributed by atoms with Gasteiger partial charge in [-0.2, -0.15) is 0 Å². The van der Waals surface area contributed by atoms with Crippen LogP contribution in [0.4, 0.5) is 0 Å². The summed E-state index contributed by atoms with van der Waals surface area (Å²) in [6.45, 7) is 2.95. The molecule has 1 nitrogen and oxygen atoms in total. The molecule has 0 heterocycles. The maximum atomic E-state index is 6.20. The number of unbranched alkanes of at least 4 members (excludes halogenated alkanes) is 6. The summed E-state index contributed by atoms with van der Waals surface area (Å²) in [6.07, 6.45) is 14.8. The van der Waals surface area contributed by atoms with Gasteiger partial charge in [-0.3, -0.25) is 0 Å². The zero-order valence-electron chi connectivity index (χ0n) is 16.3. The third kappa shape index (κ3) is 8.49. The van der Waals surface area contributed by atoms with E-state index in [9.17, 15) is 0 Å². The molecular formula is C25H34O. The summed E-state index contributed by atoms with van der Waals surface area (Å²) < 4.78 is 6.20. The lowest BCUT2D eigenvalue weighted by molar-refractivity contribution is 0.0743. The summed E-state index contributed by atoms with van der Waals surface area (Å²) in [5, 5.41) is 0. The molecule has 1 unspecified atom stereocenters. The van der Waals surface area contributed by atoms with Crippen molar-refractivity contribution in [3.63, 3.8) is 0 Å². The van der Waals surface area contributed by atoms with Crippen LogP contribution in [0.2, 0.25) is 0 Å². The number of rotatable bonds is 13. The fraction of sp³-hybridized carbons (Fsp3) is 0.440. The summed E-state index contributed by atoms with van der Waals surface area (Å²) in [5.41, 5.74) is 2.57. The molecule has 2 aromatic rings. The quantitative estimate of drug-likeness (QED) is 0.272. The molecule has 0 aromatic heterocycles. The van der Waals surface area contributed by atoms with Gasteiger partial charge in [0.2, 0.25) is 0 Å². The van der Waals surface area contributed by atoms with Crippen LogP contribution in [0, 0.1) is 0 Å². The summed E-state index contributed by atoms with van der Waals surface area (Å²) >= 11 is 0. The van der Waals surface area contributed by atoms with Gasteiger partial charge in [0.15, 0.2) is 0 Å². The Kier molecular flexibility index (Phi) is 10.5. The predicted molar refractivity (Wildman–Crippen MR) is 112 cm³/mol. The van der Waals surface area contributed by atoms with Crippen molar-refractivity contribution in [2.24, 2.45) is 0 Å². The van der Waals surface area contributed by atoms with Gasteiger partial charge in [-0.25, -0.2) is 0 Å². The van der Waals surface area contributed by atoms with E-state index in [1.54, 1.807) is 0 Å². The number of hydrogen-bond donors (Lipinski definition) is 0. The largest absolute Gasteiger partial charge is 0.369 e. The molecule has 0 N–H and O–H groups in total. The minimum absolute atomic E-state index is 0.109. The molecule has 0 amide bonds. The first-order valence-electron chi connectivity index (χ1n) is 10.3. The monoisotopic (exact) mass is 350 g/mol. The average molecular weight is 351 g/mol. The standard InChI is InChI=1S/C25H34O/c1-2-3-4-5-6-7-8-9-16-21-26-25(24-19-14-11-15-20-24)22-23-17-12-10-13-18-23/h9-20,25H,2-8,21-22H2,1H3. The minimum atomic E-state index is 0.109. The molecule has 26 heavy (non-hydrogen) atoms. The Balaban J connectivity index is 1.74. The second-order valence-electron chi connectivity index (χ2n) is 6.95. The highest BCUT2D eigenvalue weighted by Gasteiger charge is 2.11. The van der Waals surface area contributed by atoms with Gasteiger partial charge in [0.1, 0.15) is 0 Å². The molecule has 0 aliphatic rings. The Labute approximate surface area is 160 Å². The number of ether oxygens (including phenoxy) is 1. The van der Waals surface area contributed by atoms with Crippen molar-refractivity contribution in [1.82, 2.24) is 0 Å². The molecule has 1 heteroatoms. The van der Waals surface area contributed by atoms with E-state index >= 15 is 0 Å². The smallest absolute Gasteiger partial charge is 0.0869 e. The van der Waals surface area contributed by atoms with Crippen molar-refractivity contribution < 1.29 is 4.74 Å². The summed E-state index contributed by atoms with van der Waals surface area (Å²) in [4.78, 5) is 0. The van der Waals surface area contributed by atoms with Crippen molar-refractivity contribution in [3.8, 4) is 0 Å². The van der Waals surface area contributed by atoms with E-state index < -0.39 is 0 Å². The zero-order valence-corrected chi connectivity index (χ0v) is 16.3. The lowest BCUT2D eigenvalue weighted by atomic mass is 10.0. The van der Waals surface area contributed by atoms with E-state index in [-0.39, 0.29) is 6.10 Å². The molecule has 2 rings (SSSR count). The molecule has 1 atom stereocenters. The van der Waals surface area contributed by atoms with Crippen molar-refractivity contribution in [1.29, 1.82) is 0 Å². The fourth-order valence-electron chi connectivity index (χ4n) is 3.17. The van der Waals surface area contributed by atoms with Crippen molar-refractivity contribution in [3.05, 3.63) is 83.9 Å². The van der Waals surface area contributed by atoms with Gasteiger partial charge in [-0.05, 0) is 24.0 Å². The SMILES string of the molecule is CCCCCCCCC=CCOC(Cc1ccccc1)c1ccccc1. The van der Waals surface area contributed by atoms with Crippen LogP contribution in [0.1, 0.15) is 69.1 Å². The summed E-state index contributed by atoms with van der Waals surface area (Å²) in [5.74, 6) is 0. The van der Waals surface area contributed by atoms with Crippen molar-refractivity contribution in [2.45, 2.75) is 64.4 Å². The lowest BCUT2D eigenvalue weighted by Crippen LogP contribution is -2.08. The maximum Gasteiger partial charge on any atom is 0.0869 e. The first-order chi connectivity index (χ1) is 12.9. The average Bonchev–Trinajstić information content (AvgIpc) is 2.70. The van der Waals surface area contributed by atoms with Crippen LogP contribution in [0.3, 0.4) is 0 Å². The highest BCUT2D eigenvalue weighted by Crippen LogP contribution is 2.22. The predicted octanol–water partition coefficient (Wildman–Crippen LogP) is 7.29. The molecule has 0 saturated carbocycles. The van der Waals surface area contributed by atoms with Crippen LogP contribution >= 0.6 is 0 Å². The van der Waals surface area contributed by atoms with Crippen LogP contribution in [0.25, 0.3) is 0 Å². The lowest BCUT2D eigenvalue weighted by Gasteiger charge is -2.17. The number of hydrogen-bond acceptors (Lipinski definition) is 1. The van der Waals surface area contributed by atoms with E-state index in [1.165, 1.54) is 56.1 Å². The Morgan fingerprint density at radius 1 is 0.769 bits per heavy atom. The van der Waals surface area contributed by atoms with Crippen molar-refractivity contribution >= 4 is 0 Å². The molecule has 0 radical (unpaired) electrons. The minimum Gasteiger partial charge on any atom is -0.369 e. The first kappa shape index (κ1) is 20.5. The molecule has 140 valence electrons. The molecular weight excluding hydrogens is 316 g/mol. The highest BCUT2D eigenvalue weighted by atomic mass is 16.5. The van der Waals surface area contributed by atoms with Crippen LogP contribution in [-0.4, -0.2) is 6.61 Å². The van der Waals surface area contributed by atoms with Gasteiger partial charge in [-0.15, -0.1) is 0 Å². The van der Waals surface area contributed by atoms with Gasteiger partial charge < -0.3 is 4.74 Å². The molecule has 0 aliphatic carbocycles. The maximum absolute atomic E-state index is 6.20. The Hall–Kier alpha value is -1.86. The molecule has 0 saturated heterocycles. The van der Waals surface area contributed by atoms with Gasteiger partial charge in [0.05, 0.1) is 12.7 Å². The van der Waals surface area contributed by atoms with Gasteiger partial charge in [0, 0.05) is 6.42 Å². The Morgan fingerprint density at radius 3 is 2.15 bits per heavy atom. The van der Waals surface area contributed by atoms with Gasteiger partial charge in [0.25, 0.3) is 0 Å². The van der Waals surface area contributed by atoms with E-state index in [0.29, 0.717) is 6.61 Å². The van der Waals surface area contributed by atoms with E-state index in [1.807, 2.05) is 0 Å². The molecule has 0 spiro atoms. The van der Waals surface area contributed by atoms with Crippen LogP contribution in [0.15, 0.2) is 72.8 Å². The van der Waals surface area contributed by atoms with E-state index in [4.69, 9.17) is 4.74 Å². The van der Waals surface area contributed by atoms with Gasteiger partial charge >= 0.3 is 0 Å². The second-order valence-corrected chi connectivity index (χ2v) is 6.95. The third-order valence-corrected chi connectivity index (χ3v) is 4.72. The molecule has 0 bridgehead atoms. The molecule has 2 aromatic carbocycles. The Morgan fingerprint density at radius 2 is 1.42 bits per heavy atom. The van der Waals surface area contributed by atoms with Crippen LogP contribution < -0.4 is 0 Å². The molecule has 0 fully saturated rings. The normalized spacial score (nSPS) is 12.5. The summed E-state index contributed by atoms with van der Waals surface area (Å²) in [6, 6.07) is 21.2. The summed E-state index contributed by atoms with van der Waals surface area (Å²) in [7, 11) is 0. The van der Waals surface area contributed by atoms with Crippen LogP contribution in [0.5, 0.6) is 0 Å². The van der Waals surface area contributed by atoms with Gasteiger partial charge in [-0.1, -0.05) is 112 Å². The Bertz CT molecular complexity index is 588. The topological polar surface area (TPSA) is 9.23 Å². The number of benzene rings is 2.